The molecule has 0 spiro atoms. The van der Waals surface area contributed by atoms with Crippen molar-refractivity contribution in [3.63, 3.8) is 0 Å². The molecule has 0 saturated carbocycles. The third-order valence-corrected chi connectivity index (χ3v) is 3.80. The normalized spacial score (nSPS) is 11.6. The van der Waals surface area contributed by atoms with Gasteiger partial charge in [0.25, 0.3) is 5.91 Å². The molecule has 4 nitrogen and oxygen atoms in total. The molecule has 132 valence electrons. The van der Waals surface area contributed by atoms with E-state index in [2.05, 4.69) is 31.3 Å². The first-order valence-electron chi connectivity index (χ1n) is 7.76. The molecular weight excluding hydrogens is 343 g/mol. The van der Waals surface area contributed by atoms with Crippen LogP contribution in [0.3, 0.4) is 0 Å². The highest BCUT2D eigenvalue weighted by atomic mass is 35.5. The molecule has 2 aromatic rings. The van der Waals surface area contributed by atoms with Gasteiger partial charge in [0.2, 0.25) is 0 Å². The van der Waals surface area contributed by atoms with E-state index in [0.717, 1.165) is 6.21 Å². The minimum atomic E-state index is -0.513. The first-order valence-corrected chi connectivity index (χ1v) is 8.14. The number of hydrazone groups is 1. The summed E-state index contributed by atoms with van der Waals surface area (Å²) in [7, 11) is 0. The van der Waals surface area contributed by atoms with Crippen molar-refractivity contribution in [2.24, 2.45) is 5.10 Å². The van der Waals surface area contributed by atoms with Gasteiger partial charge in [-0.25, -0.2) is 9.82 Å². The predicted octanol–water partition coefficient (Wildman–Crippen LogP) is 4.31. The summed E-state index contributed by atoms with van der Waals surface area (Å²) in [5.74, 6) is -0.381. The van der Waals surface area contributed by atoms with Crippen molar-refractivity contribution < 1.29 is 13.9 Å². The second-order valence-electron chi connectivity index (χ2n) is 6.49. The predicted molar refractivity (Wildman–Crippen MR) is 97.8 cm³/mol. The van der Waals surface area contributed by atoms with Crippen LogP contribution in [0.15, 0.2) is 47.6 Å². The minimum Gasteiger partial charge on any atom is -0.484 e. The number of halogens is 2. The lowest BCUT2D eigenvalue weighted by atomic mass is 9.87. The number of rotatable bonds is 5. The highest BCUT2D eigenvalue weighted by Crippen LogP contribution is 2.24. The average molecular weight is 363 g/mol. The van der Waals surface area contributed by atoms with Crippen LogP contribution in [0.25, 0.3) is 0 Å². The lowest BCUT2D eigenvalue weighted by molar-refractivity contribution is -0.123. The van der Waals surface area contributed by atoms with Gasteiger partial charge in [0.05, 0.1) is 11.2 Å². The zero-order chi connectivity index (χ0) is 18.4. The maximum atomic E-state index is 13.5. The van der Waals surface area contributed by atoms with Gasteiger partial charge in [0.15, 0.2) is 6.61 Å². The summed E-state index contributed by atoms with van der Waals surface area (Å²) in [6, 6.07) is 11.9. The lowest BCUT2D eigenvalue weighted by Gasteiger charge is -2.19. The number of benzene rings is 2. The molecule has 0 aliphatic heterocycles. The van der Waals surface area contributed by atoms with Gasteiger partial charge in [-0.1, -0.05) is 50.6 Å². The number of carbonyl (C=O) groups excluding carboxylic acids is 1. The van der Waals surface area contributed by atoms with E-state index in [1.165, 1.54) is 23.8 Å². The van der Waals surface area contributed by atoms with Gasteiger partial charge in [0, 0.05) is 5.56 Å². The van der Waals surface area contributed by atoms with E-state index in [-0.39, 0.29) is 22.6 Å². The van der Waals surface area contributed by atoms with Crippen LogP contribution < -0.4 is 10.2 Å². The second kappa shape index (κ2) is 8.12. The molecule has 0 radical (unpaired) electrons. The van der Waals surface area contributed by atoms with Crippen LogP contribution in [0, 0.1) is 5.82 Å². The monoisotopic (exact) mass is 362 g/mol. The number of nitrogens with one attached hydrogen (secondary N) is 1. The van der Waals surface area contributed by atoms with Gasteiger partial charge in [-0.15, -0.1) is 0 Å². The van der Waals surface area contributed by atoms with Crippen molar-refractivity contribution in [3.05, 3.63) is 64.4 Å². The fraction of sp³-hybridized carbons (Fsp3) is 0.263. The van der Waals surface area contributed by atoms with E-state index in [1.54, 1.807) is 0 Å². The average Bonchev–Trinajstić information content (AvgIpc) is 2.55. The van der Waals surface area contributed by atoms with Crippen LogP contribution in [0.1, 0.15) is 31.9 Å². The molecule has 0 aliphatic rings. The van der Waals surface area contributed by atoms with E-state index in [1.807, 2.05) is 24.3 Å². The smallest absolute Gasteiger partial charge is 0.277 e. The van der Waals surface area contributed by atoms with Crippen molar-refractivity contribution >= 4 is 23.7 Å². The highest BCUT2D eigenvalue weighted by Gasteiger charge is 2.13. The fourth-order valence-electron chi connectivity index (χ4n) is 2.04. The highest BCUT2D eigenvalue weighted by molar-refractivity contribution is 6.33. The zero-order valence-corrected chi connectivity index (χ0v) is 15.1. The Morgan fingerprint density at radius 2 is 1.92 bits per heavy atom. The van der Waals surface area contributed by atoms with E-state index in [4.69, 9.17) is 16.3 Å². The number of carbonyl (C=O) groups is 1. The van der Waals surface area contributed by atoms with Crippen molar-refractivity contribution in [1.29, 1.82) is 0 Å². The quantitative estimate of drug-likeness (QED) is 0.636. The third kappa shape index (κ3) is 5.57. The Hall–Kier alpha value is -2.40. The second-order valence-corrected chi connectivity index (χ2v) is 6.90. The first kappa shape index (κ1) is 18.9. The number of nitrogens with zero attached hydrogens (tertiary/aromatic N) is 1. The van der Waals surface area contributed by atoms with Crippen molar-refractivity contribution in [2.45, 2.75) is 26.2 Å². The summed E-state index contributed by atoms with van der Waals surface area (Å²) in [6.07, 6.45) is 1.16. The largest absolute Gasteiger partial charge is 0.484 e. The van der Waals surface area contributed by atoms with Gasteiger partial charge in [0.1, 0.15) is 11.6 Å². The molecule has 0 saturated heterocycles. The van der Waals surface area contributed by atoms with Crippen LogP contribution in [0.4, 0.5) is 4.39 Å². The van der Waals surface area contributed by atoms with E-state index < -0.39 is 11.7 Å². The van der Waals surface area contributed by atoms with Crippen LogP contribution in [-0.4, -0.2) is 18.7 Å². The molecule has 6 heteroatoms. The van der Waals surface area contributed by atoms with Crippen LogP contribution in [0.5, 0.6) is 5.75 Å². The minimum absolute atomic E-state index is 0.0542. The molecule has 0 fully saturated rings. The van der Waals surface area contributed by atoms with E-state index in [0.29, 0.717) is 5.75 Å². The van der Waals surface area contributed by atoms with Gasteiger partial charge in [-0.3, -0.25) is 4.79 Å². The molecule has 0 aromatic heterocycles. The van der Waals surface area contributed by atoms with Crippen molar-refractivity contribution in [3.8, 4) is 5.75 Å². The Morgan fingerprint density at radius 1 is 1.24 bits per heavy atom. The summed E-state index contributed by atoms with van der Waals surface area (Å²) in [5, 5.41) is 3.91. The molecule has 1 amide bonds. The summed E-state index contributed by atoms with van der Waals surface area (Å²) >= 11 is 5.86. The standard InChI is InChI=1S/C19H20ClFN2O2/c1-19(2,3)13-7-9-14(10-8-13)25-12-18(24)23-22-11-15-16(20)5-4-6-17(15)21/h4-11H,12H2,1-3H3,(H,23,24)/b22-11+. The molecular formula is C19H20ClFN2O2. The Kier molecular flexibility index (Phi) is 6.15. The SMILES string of the molecule is CC(C)(C)c1ccc(OCC(=O)N/N=C/c2c(F)cccc2Cl)cc1. The summed E-state index contributed by atoms with van der Waals surface area (Å²) < 4.78 is 18.9. The van der Waals surface area contributed by atoms with Gasteiger partial charge >= 0.3 is 0 Å². The molecule has 1 N–H and O–H groups in total. The van der Waals surface area contributed by atoms with E-state index in [9.17, 15) is 9.18 Å². The number of hydrogen-bond acceptors (Lipinski definition) is 3. The summed E-state index contributed by atoms with van der Waals surface area (Å²) in [5.41, 5.74) is 3.62. The molecule has 0 heterocycles. The summed E-state index contributed by atoms with van der Waals surface area (Å²) in [4.78, 5) is 11.7. The third-order valence-electron chi connectivity index (χ3n) is 3.47. The van der Waals surface area contributed by atoms with Crippen LogP contribution in [0.2, 0.25) is 5.02 Å². The van der Waals surface area contributed by atoms with E-state index >= 15 is 0 Å². The molecule has 0 aliphatic carbocycles. The van der Waals surface area contributed by atoms with Gasteiger partial charge in [-0.2, -0.15) is 5.10 Å². The van der Waals surface area contributed by atoms with Gasteiger partial charge in [-0.05, 0) is 35.2 Å². The fourth-order valence-corrected chi connectivity index (χ4v) is 2.25. The Balaban J connectivity index is 1.86. The van der Waals surface area contributed by atoms with Crippen molar-refractivity contribution in [2.75, 3.05) is 6.61 Å². The number of ether oxygens (including phenoxy) is 1. The number of hydrogen-bond donors (Lipinski definition) is 1. The van der Waals surface area contributed by atoms with Crippen LogP contribution in [-0.2, 0) is 10.2 Å². The Morgan fingerprint density at radius 3 is 2.52 bits per heavy atom. The Bertz CT molecular complexity index is 748. The molecule has 0 atom stereocenters. The van der Waals surface area contributed by atoms with Gasteiger partial charge < -0.3 is 4.74 Å². The molecule has 25 heavy (non-hydrogen) atoms. The zero-order valence-electron chi connectivity index (χ0n) is 14.3. The molecule has 0 bridgehead atoms. The maximum Gasteiger partial charge on any atom is 0.277 e. The topological polar surface area (TPSA) is 50.7 Å². The summed E-state index contributed by atoms with van der Waals surface area (Å²) in [6.45, 7) is 6.17. The first-order chi connectivity index (χ1) is 11.8. The molecule has 2 aromatic carbocycles. The number of amides is 1. The van der Waals surface area contributed by atoms with Crippen molar-refractivity contribution in [1.82, 2.24) is 5.43 Å². The lowest BCUT2D eigenvalue weighted by Crippen LogP contribution is -2.24. The molecule has 0 unspecified atom stereocenters. The Labute approximate surface area is 151 Å². The van der Waals surface area contributed by atoms with Crippen LogP contribution >= 0.6 is 11.6 Å². The molecule has 2 rings (SSSR count). The maximum absolute atomic E-state index is 13.5.